The highest BCUT2D eigenvalue weighted by atomic mass is 32.1. The van der Waals surface area contributed by atoms with Crippen molar-refractivity contribution < 1.29 is 0 Å². The summed E-state index contributed by atoms with van der Waals surface area (Å²) in [5, 5.41) is 11.8. The first kappa shape index (κ1) is 50.1. The van der Waals surface area contributed by atoms with Crippen LogP contribution in [0, 0.1) is 0 Å². The van der Waals surface area contributed by atoms with Gasteiger partial charge in [0.15, 0.2) is 0 Å². The van der Waals surface area contributed by atoms with Gasteiger partial charge in [-0.25, -0.2) is 9.97 Å². The Hall–Kier alpha value is -11.2. The number of benzene rings is 14. The van der Waals surface area contributed by atoms with Crippen LogP contribution in [0.5, 0.6) is 0 Å². The first-order valence-electron chi connectivity index (χ1n) is 30.1. The van der Waals surface area contributed by atoms with E-state index in [0.717, 1.165) is 61.4 Å². The third-order valence-electron chi connectivity index (χ3n) is 18.4. The van der Waals surface area contributed by atoms with Crippen molar-refractivity contribution in [3.8, 4) is 50.7 Å². The lowest BCUT2D eigenvalue weighted by atomic mass is 9.67. The summed E-state index contributed by atoms with van der Waals surface area (Å²) in [6.45, 7) is 0. The Labute approximate surface area is 512 Å². The van der Waals surface area contributed by atoms with Crippen molar-refractivity contribution in [1.29, 1.82) is 0 Å². The van der Waals surface area contributed by atoms with Crippen LogP contribution >= 0.6 is 11.3 Å². The molecule has 3 heterocycles. The lowest BCUT2D eigenvalue weighted by Gasteiger charge is -2.35. The van der Waals surface area contributed by atoms with E-state index in [-0.39, 0.29) is 0 Å². The number of nitrogens with zero attached hydrogens (tertiary/aromatic N) is 4. The van der Waals surface area contributed by atoms with Gasteiger partial charge in [0.1, 0.15) is 0 Å². The Kier molecular flexibility index (Phi) is 11.4. The minimum absolute atomic E-state index is 0.589. The zero-order chi connectivity index (χ0) is 57.9. The van der Waals surface area contributed by atoms with E-state index >= 15 is 0 Å². The SMILES string of the molecule is c1ccc(-c2ccc(N(c3ccc4c(c3)C(c3ccccc3)(c3ccccc3)c3ccccc3-4)c3cccc4c3sc3c5ccccc5c5c(c43)c3c4ccccc4c4ccccc4c3n5-c3nc(-c4ccccc4)cc(-c4ccccc4)n3)cc2)cc1. The predicted molar refractivity (Wildman–Crippen MR) is 370 cm³/mol. The summed E-state index contributed by atoms with van der Waals surface area (Å²) in [5.41, 5.74) is 18.5. The molecule has 410 valence electrons. The molecule has 0 N–H and O–H groups in total. The second-order valence-corrected chi connectivity index (χ2v) is 24.1. The molecule has 0 amide bonds. The number of rotatable bonds is 9. The number of hydrogen-bond donors (Lipinski definition) is 0. The van der Waals surface area contributed by atoms with Crippen LogP contribution in [0.4, 0.5) is 17.1 Å². The first-order valence-corrected chi connectivity index (χ1v) is 31.0. The molecular weight excluding hydrogens is 1090 g/mol. The van der Waals surface area contributed by atoms with Crippen LogP contribution in [0.25, 0.3) is 125 Å². The van der Waals surface area contributed by atoms with Gasteiger partial charge in [-0.2, -0.15) is 0 Å². The van der Waals surface area contributed by atoms with Crippen LogP contribution in [0.15, 0.2) is 315 Å². The van der Waals surface area contributed by atoms with Crippen LogP contribution in [0.2, 0.25) is 0 Å². The van der Waals surface area contributed by atoms with E-state index in [0.29, 0.717) is 5.95 Å². The summed E-state index contributed by atoms with van der Waals surface area (Å²) in [6, 6.07) is 116. The molecule has 14 aromatic carbocycles. The smallest absolute Gasteiger partial charge is 0.235 e. The van der Waals surface area contributed by atoms with Crippen LogP contribution < -0.4 is 4.90 Å². The van der Waals surface area contributed by atoms with E-state index in [1.54, 1.807) is 0 Å². The maximum Gasteiger partial charge on any atom is 0.235 e. The molecule has 17 aromatic rings. The summed E-state index contributed by atoms with van der Waals surface area (Å²) in [4.78, 5) is 13.8. The molecule has 1 aliphatic rings. The second kappa shape index (κ2) is 19.9. The topological polar surface area (TPSA) is 34.0 Å². The van der Waals surface area contributed by atoms with Gasteiger partial charge in [0, 0.05) is 64.9 Å². The van der Waals surface area contributed by atoms with Crippen LogP contribution in [0.3, 0.4) is 0 Å². The zero-order valence-corrected chi connectivity index (χ0v) is 48.5. The fourth-order valence-corrected chi connectivity index (χ4v) is 16.1. The minimum atomic E-state index is -0.589. The molecule has 0 spiro atoms. The summed E-state index contributed by atoms with van der Waals surface area (Å²) >= 11 is 1.90. The maximum absolute atomic E-state index is 5.66. The fourth-order valence-electron chi connectivity index (χ4n) is 14.7. The number of fused-ring (bicyclic) bond motifs is 18. The molecule has 18 rings (SSSR count). The van der Waals surface area contributed by atoms with E-state index in [1.807, 2.05) is 11.3 Å². The quantitative estimate of drug-likeness (QED) is 0.135. The van der Waals surface area contributed by atoms with Gasteiger partial charge < -0.3 is 4.90 Å². The van der Waals surface area contributed by atoms with Crippen molar-refractivity contribution >= 4 is 103 Å². The number of aromatic nitrogens is 3. The molecular formula is C83H52N4S. The zero-order valence-electron chi connectivity index (χ0n) is 47.7. The van der Waals surface area contributed by atoms with Gasteiger partial charge in [-0.05, 0) is 97.1 Å². The van der Waals surface area contributed by atoms with Crippen molar-refractivity contribution in [3.05, 3.63) is 338 Å². The van der Waals surface area contributed by atoms with Gasteiger partial charge in [0.2, 0.25) is 5.95 Å². The highest BCUT2D eigenvalue weighted by Crippen LogP contribution is 2.59. The van der Waals surface area contributed by atoms with Gasteiger partial charge in [-0.3, -0.25) is 4.57 Å². The van der Waals surface area contributed by atoms with Gasteiger partial charge >= 0.3 is 0 Å². The number of hydrogen-bond acceptors (Lipinski definition) is 4. The molecule has 0 unspecified atom stereocenters. The van der Waals surface area contributed by atoms with Crippen LogP contribution in [0.1, 0.15) is 22.3 Å². The van der Waals surface area contributed by atoms with Gasteiger partial charge in [-0.1, -0.05) is 279 Å². The molecule has 0 saturated heterocycles. The summed E-state index contributed by atoms with van der Waals surface area (Å²) in [6.07, 6.45) is 0. The summed E-state index contributed by atoms with van der Waals surface area (Å²) in [5.74, 6) is 0.622. The number of anilines is 3. The molecule has 0 saturated carbocycles. The van der Waals surface area contributed by atoms with Crippen molar-refractivity contribution in [2.45, 2.75) is 5.41 Å². The Morgan fingerprint density at radius 1 is 0.307 bits per heavy atom. The minimum Gasteiger partial charge on any atom is -0.309 e. The van der Waals surface area contributed by atoms with Crippen molar-refractivity contribution in [2.75, 3.05) is 4.90 Å². The second-order valence-electron chi connectivity index (χ2n) is 23.1. The largest absolute Gasteiger partial charge is 0.309 e. The molecule has 5 heteroatoms. The Morgan fingerprint density at radius 3 is 1.41 bits per heavy atom. The molecule has 0 aliphatic heterocycles. The van der Waals surface area contributed by atoms with Gasteiger partial charge in [-0.15, -0.1) is 11.3 Å². The third-order valence-corrected chi connectivity index (χ3v) is 19.7. The third kappa shape index (κ3) is 7.44. The summed E-state index contributed by atoms with van der Waals surface area (Å²) in [7, 11) is 0. The average molecular weight is 1140 g/mol. The monoisotopic (exact) mass is 1140 g/mol. The highest BCUT2D eigenvalue weighted by Gasteiger charge is 2.46. The van der Waals surface area contributed by atoms with Crippen LogP contribution in [-0.2, 0) is 5.41 Å². The summed E-state index contributed by atoms with van der Waals surface area (Å²) < 4.78 is 4.85. The lowest BCUT2D eigenvalue weighted by molar-refractivity contribution is 0.768. The maximum atomic E-state index is 5.66. The molecule has 0 bridgehead atoms. The normalized spacial score (nSPS) is 12.6. The van der Waals surface area contributed by atoms with E-state index in [4.69, 9.17) is 9.97 Å². The fraction of sp³-hybridized carbons (Fsp3) is 0.0120. The van der Waals surface area contributed by atoms with Crippen molar-refractivity contribution in [1.82, 2.24) is 14.5 Å². The molecule has 3 aromatic heterocycles. The van der Waals surface area contributed by atoms with E-state index in [2.05, 4.69) is 325 Å². The molecule has 0 fully saturated rings. The van der Waals surface area contributed by atoms with Gasteiger partial charge in [0.25, 0.3) is 0 Å². The average Bonchev–Trinajstić information content (AvgIpc) is 1.56. The number of thiophene rings is 1. The molecule has 88 heavy (non-hydrogen) atoms. The highest BCUT2D eigenvalue weighted by molar-refractivity contribution is 7.27. The van der Waals surface area contributed by atoms with E-state index < -0.39 is 5.41 Å². The molecule has 1 aliphatic carbocycles. The Morgan fingerprint density at radius 2 is 0.773 bits per heavy atom. The molecule has 0 radical (unpaired) electrons. The van der Waals surface area contributed by atoms with Crippen molar-refractivity contribution in [3.63, 3.8) is 0 Å². The standard InChI is InChI=1S/C83H52N4S/c1-6-25-53(26-7-1)54-45-47-59(48-46-54)86(60-49-50-64-63-37-22-23-43-70(63)83(71(64)51-60,57-31-12-4-13-32-57)58-33-14-5-15-34-58)74-44-24-42-69-76-77-75-65-38-18-16-35-61(65)62-36-17-19-39-66(62)78(75)87(79(77)67-40-20-21-41-68(67)81(76)88-80(69)74)82-84-72(55-27-8-2-9-28-55)52-73(85-82)56-29-10-3-11-30-56/h1-52H. The van der Waals surface area contributed by atoms with Gasteiger partial charge in [0.05, 0.1) is 38.2 Å². The predicted octanol–water partition coefficient (Wildman–Crippen LogP) is 22.2. The molecule has 4 nitrogen and oxygen atoms in total. The lowest BCUT2D eigenvalue weighted by Crippen LogP contribution is -2.28. The first-order chi connectivity index (χ1) is 43.7. The van der Waals surface area contributed by atoms with Crippen LogP contribution in [-0.4, -0.2) is 14.5 Å². The molecule has 0 atom stereocenters. The van der Waals surface area contributed by atoms with Crippen molar-refractivity contribution in [2.24, 2.45) is 0 Å². The van der Waals surface area contributed by atoms with E-state index in [9.17, 15) is 0 Å². The Balaban J connectivity index is 0.969. The Bertz CT molecular complexity index is 5510. The van der Waals surface area contributed by atoms with E-state index in [1.165, 1.54) is 97.0 Å².